The van der Waals surface area contributed by atoms with Crippen molar-refractivity contribution >= 4 is 28.5 Å². The van der Waals surface area contributed by atoms with Gasteiger partial charge in [-0.2, -0.15) is 0 Å². The van der Waals surface area contributed by atoms with Gasteiger partial charge in [0.2, 0.25) is 5.91 Å². The second-order valence-electron chi connectivity index (χ2n) is 8.70. The first-order valence-electron chi connectivity index (χ1n) is 11.1. The van der Waals surface area contributed by atoms with Crippen molar-refractivity contribution in [3.63, 3.8) is 0 Å². The van der Waals surface area contributed by atoms with Crippen molar-refractivity contribution in [2.24, 2.45) is 0 Å². The summed E-state index contributed by atoms with van der Waals surface area (Å²) in [5.41, 5.74) is 3.14. The lowest BCUT2D eigenvalue weighted by Crippen LogP contribution is -2.48. The molecule has 4 nitrogen and oxygen atoms in total. The third-order valence-electron chi connectivity index (χ3n) is 6.44. The Labute approximate surface area is 197 Å². The smallest absolute Gasteiger partial charge is 0.236 e. The van der Waals surface area contributed by atoms with Gasteiger partial charge in [-0.3, -0.25) is 9.69 Å². The molecular weight excluding hydrogens is 506 g/mol. The van der Waals surface area contributed by atoms with Crippen molar-refractivity contribution in [3.8, 4) is 0 Å². The van der Waals surface area contributed by atoms with Crippen LogP contribution >= 0.6 is 22.6 Å². The van der Waals surface area contributed by atoms with E-state index in [9.17, 15) is 9.18 Å². The molecule has 2 saturated heterocycles. The predicted octanol–water partition coefficient (Wildman–Crippen LogP) is 4.74. The number of piperidine rings is 1. The maximum Gasteiger partial charge on any atom is 0.236 e. The van der Waals surface area contributed by atoms with E-state index in [1.807, 2.05) is 24.0 Å². The second-order valence-corrected chi connectivity index (χ2v) is 9.94. The Morgan fingerprint density at radius 1 is 1.16 bits per heavy atom. The Hall–Kier alpha value is -1.51. The number of halogens is 2. The summed E-state index contributed by atoms with van der Waals surface area (Å²) in [5, 5.41) is 0. The zero-order chi connectivity index (χ0) is 21.8. The minimum absolute atomic E-state index is 0.00198. The number of benzene rings is 2. The number of aryl methyl sites for hydroxylation is 1. The van der Waals surface area contributed by atoms with Gasteiger partial charge in [0.25, 0.3) is 0 Å². The van der Waals surface area contributed by atoms with E-state index >= 15 is 0 Å². The van der Waals surface area contributed by atoms with E-state index in [-0.39, 0.29) is 23.7 Å². The van der Waals surface area contributed by atoms with Crippen LogP contribution in [0.1, 0.15) is 41.9 Å². The van der Waals surface area contributed by atoms with Crippen LogP contribution in [0.3, 0.4) is 0 Å². The predicted molar refractivity (Wildman–Crippen MR) is 128 cm³/mol. The summed E-state index contributed by atoms with van der Waals surface area (Å²) in [6.07, 6.45) is 3.15. The number of hydrogen-bond acceptors (Lipinski definition) is 3. The lowest BCUT2D eigenvalue weighted by Gasteiger charge is -2.40. The Kier molecular flexibility index (Phi) is 7.61. The summed E-state index contributed by atoms with van der Waals surface area (Å²) in [4.78, 5) is 17.2. The van der Waals surface area contributed by atoms with E-state index in [0.29, 0.717) is 26.2 Å². The Bertz CT molecular complexity index is 916. The van der Waals surface area contributed by atoms with Crippen molar-refractivity contribution in [1.29, 1.82) is 0 Å². The number of ether oxygens (including phenoxy) is 1. The van der Waals surface area contributed by atoms with Crippen molar-refractivity contribution in [3.05, 3.63) is 68.5 Å². The van der Waals surface area contributed by atoms with E-state index in [1.165, 1.54) is 22.5 Å². The van der Waals surface area contributed by atoms with E-state index in [4.69, 9.17) is 4.74 Å². The lowest BCUT2D eigenvalue weighted by molar-refractivity contribution is -0.135. The molecule has 1 amide bonds. The van der Waals surface area contributed by atoms with Gasteiger partial charge in [-0.15, -0.1) is 0 Å². The third-order valence-corrected chi connectivity index (χ3v) is 7.12. The normalized spacial score (nSPS) is 22.1. The molecule has 0 bridgehead atoms. The molecule has 31 heavy (non-hydrogen) atoms. The highest BCUT2D eigenvalue weighted by Gasteiger charge is 2.34. The second kappa shape index (κ2) is 10.4. The molecule has 6 heteroatoms. The number of likely N-dealkylation sites (tertiary alicyclic amines) is 2. The SMILES string of the molecule is Cc1cc(F)ccc1C1CN(C(=O)CN2CCCC2)CCC1OCc1cccc(I)c1. The summed E-state index contributed by atoms with van der Waals surface area (Å²) >= 11 is 2.31. The van der Waals surface area contributed by atoms with Gasteiger partial charge in [-0.1, -0.05) is 18.2 Å². The molecule has 4 rings (SSSR count). The van der Waals surface area contributed by atoms with E-state index in [1.54, 1.807) is 6.07 Å². The summed E-state index contributed by atoms with van der Waals surface area (Å²) in [6.45, 7) is 6.35. The molecule has 2 aliphatic rings. The molecule has 2 aliphatic heterocycles. The fourth-order valence-corrected chi connectivity index (χ4v) is 5.38. The van der Waals surface area contributed by atoms with Crippen LogP contribution in [0.2, 0.25) is 0 Å². The number of amides is 1. The van der Waals surface area contributed by atoms with Crippen LogP contribution < -0.4 is 0 Å². The zero-order valence-corrected chi connectivity index (χ0v) is 20.2. The molecule has 2 fully saturated rings. The molecule has 0 saturated carbocycles. The first kappa shape index (κ1) is 22.7. The molecule has 0 spiro atoms. The van der Waals surface area contributed by atoms with Crippen LogP contribution in [0, 0.1) is 16.3 Å². The van der Waals surface area contributed by atoms with Gasteiger partial charge < -0.3 is 9.64 Å². The van der Waals surface area contributed by atoms with E-state index in [0.717, 1.165) is 36.2 Å². The van der Waals surface area contributed by atoms with Gasteiger partial charge in [-0.25, -0.2) is 4.39 Å². The summed E-state index contributed by atoms with van der Waals surface area (Å²) in [5.74, 6) is 0.0118. The maximum absolute atomic E-state index is 13.7. The maximum atomic E-state index is 13.7. The highest BCUT2D eigenvalue weighted by Crippen LogP contribution is 2.33. The van der Waals surface area contributed by atoms with Gasteiger partial charge in [0.15, 0.2) is 0 Å². The van der Waals surface area contributed by atoms with Crippen LogP contribution in [0.25, 0.3) is 0 Å². The standard InChI is InChI=1S/C25H30FIN2O2/c1-18-13-20(26)7-8-22(18)23-15-29(25(30)16-28-10-2-3-11-28)12-9-24(23)31-17-19-5-4-6-21(27)14-19/h4-8,13-14,23-24H,2-3,9-12,15-17H2,1H3. The molecule has 166 valence electrons. The van der Waals surface area contributed by atoms with E-state index in [2.05, 4.69) is 45.7 Å². The molecule has 0 radical (unpaired) electrons. The van der Waals surface area contributed by atoms with Crippen molar-refractivity contribution in [1.82, 2.24) is 9.80 Å². The minimum Gasteiger partial charge on any atom is -0.373 e. The number of carbonyl (C=O) groups excluding carboxylic acids is 1. The summed E-state index contributed by atoms with van der Waals surface area (Å²) in [6, 6.07) is 13.3. The summed E-state index contributed by atoms with van der Waals surface area (Å²) < 4.78 is 21.3. The highest BCUT2D eigenvalue weighted by atomic mass is 127. The average molecular weight is 536 g/mol. The minimum atomic E-state index is -0.227. The first-order valence-corrected chi connectivity index (χ1v) is 12.2. The average Bonchev–Trinajstić information content (AvgIpc) is 3.25. The van der Waals surface area contributed by atoms with Gasteiger partial charge in [0.05, 0.1) is 19.3 Å². The van der Waals surface area contributed by atoms with Crippen LogP contribution in [-0.4, -0.2) is 54.5 Å². The molecule has 2 atom stereocenters. The number of nitrogens with zero attached hydrogens (tertiary/aromatic N) is 2. The van der Waals surface area contributed by atoms with Gasteiger partial charge >= 0.3 is 0 Å². The fraction of sp³-hybridized carbons (Fsp3) is 0.480. The monoisotopic (exact) mass is 536 g/mol. The van der Waals surface area contributed by atoms with Crippen LogP contribution in [0.15, 0.2) is 42.5 Å². The van der Waals surface area contributed by atoms with Crippen LogP contribution in [0.4, 0.5) is 4.39 Å². The van der Waals surface area contributed by atoms with Crippen molar-refractivity contribution < 1.29 is 13.9 Å². The third kappa shape index (κ3) is 5.84. The van der Waals surface area contributed by atoms with Gasteiger partial charge in [-0.05, 0) is 103 Å². The topological polar surface area (TPSA) is 32.8 Å². The number of carbonyl (C=O) groups is 1. The van der Waals surface area contributed by atoms with Crippen LogP contribution in [-0.2, 0) is 16.1 Å². The summed E-state index contributed by atoms with van der Waals surface area (Å²) in [7, 11) is 0. The molecule has 0 N–H and O–H groups in total. The molecule has 0 aromatic heterocycles. The lowest BCUT2D eigenvalue weighted by atomic mass is 9.85. The molecular formula is C25H30FIN2O2. The molecule has 0 aliphatic carbocycles. The van der Waals surface area contributed by atoms with Crippen LogP contribution in [0.5, 0.6) is 0 Å². The van der Waals surface area contributed by atoms with Crippen molar-refractivity contribution in [2.75, 3.05) is 32.7 Å². The largest absolute Gasteiger partial charge is 0.373 e. The Morgan fingerprint density at radius 3 is 2.71 bits per heavy atom. The van der Waals surface area contributed by atoms with Crippen molar-refractivity contribution in [2.45, 2.75) is 44.8 Å². The molecule has 2 unspecified atom stereocenters. The Morgan fingerprint density at radius 2 is 1.97 bits per heavy atom. The fourth-order valence-electron chi connectivity index (χ4n) is 4.77. The first-order chi connectivity index (χ1) is 15.0. The quantitative estimate of drug-likeness (QED) is 0.501. The number of hydrogen-bond donors (Lipinski definition) is 0. The highest BCUT2D eigenvalue weighted by molar-refractivity contribution is 14.1. The molecule has 2 heterocycles. The molecule has 2 aromatic rings. The van der Waals surface area contributed by atoms with Gasteiger partial charge in [0, 0.05) is 22.6 Å². The number of rotatable bonds is 6. The zero-order valence-electron chi connectivity index (χ0n) is 18.0. The molecule has 2 aromatic carbocycles. The Balaban J connectivity index is 1.49. The van der Waals surface area contributed by atoms with E-state index < -0.39 is 0 Å². The van der Waals surface area contributed by atoms with Gasteiger partial charge in [0.1, 0.15) is 5.82 Å².